The van der Waals surface area contributed by atoms with Gasteiger partial charge in [0.2, 0.25) is 0 Å². The lowest BCUT2D eigenvalue weighted by atomic mass is 10.0. The lowest BCUT2D eigenvalue weighted by molar-refractivity contribution is -0.107. The first kappa shape index (κ1) is 20.7. The maximum atomic E-state index is 10.2. The van der Waals surface area contributed by atoms with Gasteiger partial charge >= 0.3 is 0 Å². The molecule has 0 rings (SSSR count). The molecule has 0 saturated heterocycles. The Kier molecular flexibility index (Phi) is 17.4. The Morgan fingerprint density at radius 2 is 0.905 bits per heavy atom. The molecule has 0 aliphatic heterocycles. The van der Waals surface area contributed by atoms with E-state index >= 15 is 0 Å². The van der Waals surface area contributed by atoms with Crippen molar-refractivity contribution in [3.05, 3.63) is 0 Å². The first-order valence-corrected chi connectivity index (χ1v) is 9.71. The van der Waals surface area contributed by atoms with Gasteiger partial charge in [0.25, 0.3) is 0 Å². The summed E-state index contributed by atoms with van der Waals surface area (Å²) in [6, 6.07) is 0. The molecule has 0 aromatic heterocycles. The lowest BCUT2D eigenvalue weighted by Crippen LogP contribution is -1.87. The topological polar surface area (TPSA) is 17.1 Å². The summed E-state index contributed by atoms with van der Waals surface area (Å²) < 4.78 is 0. The van der Waals surface area contributed by atoms with E-state index in [1.807, 2.05) is 0 Å². The van der Waals surface area contributed by atoms with Crippen molar-refractivity contribution in [2.75, 3.05) is 0 Å². The fourth-order valence-electron chi connectivity index (χ4n) is 2.90. The van der Waals surface area contributed by atoms with E-state index in [9.17, 15) is 4.79 Å². The van der Waals surface area contributed by atoms with E-state index in [1.54, 1.807) is 0 Å². The van der Waals surface area contributed by atoms with Gasteiger partial charge in [0, 0.05) is 6.42 Å². The van der Waals surface area contributed by atoms with E-state index in [0.29, 0.717) is 0 Å². The maximum absolute atomic E-state index is 10.2. The number of hydrogen-bond acceptors (Lipinski definition) is 1. The molecule has 0 unspecified atom stereocenters. The number of rotatable bonds is 17. The second kappa shape index (κ2) is 17.7. The molecule has 126 valence electrons. The number of unbranched alkanes of at least 4 members (excludes halogenated alkanes) is 14. The highest BCUT2D eigenvalue weighted by atomic mass is 16.1. The van der Waals surface area contributed by atoms with Gasteiger partial charge < -0.3 is 4.79 Å². The van der Waals surface area contributed by atoms with Crippen molar-refractivity contribution in [1.82, 2.24) is 0 Å². The SMILES string of the molecule is CC(C)CCCCCCCCCCCCCCCCC=O. The van der Waals surface area contributed by atoms with Crippen LogP contribution >= 0.6 is 0 Å². The average Bonchev–Trinajstić information content (AvgIpc) is 2.46. The van der Waals surface area contributed by atoms with E-state index in [2.05, 4.69) is 13.8 Å². The van der Waals surface area contributed by atoms with Crippen molar-refractivity contribution in [2.45, 2.75) is 117 Å². The summed E-state index contributed by atoms with van der Waals surface area (Å²) in [6.07, 6.45) is 22.6. The molecule has 0 radical (unpaired) electrons. The first-order valence-electron chi connectivity index (χ1n) is 9.71. The van der Waals surface area contributed by atoms with Gasteiger partial charge in [-0.2, -0.15) is 0 Å². The Bertz CT molecular complexity index is 198. The molecule has 0 spiro atoms. The molecule has 0 heterocycles. The van der Waals surface area contributed by atoms with E-state index in [4.69, 9.17) is 0 Å². The van der Waals surface area contributed by atoms with Crippen LogP contribution in [-0.4, -0.2) is 6.29 Å². The first-order chi connectivity index (χ1) is 10.3. The van der Waals surface area contributed by atoms with Gasteiger partial charge in [-0.1, -0.05) is 104 Å². The van der Waals surface area contributed by atoms with Gasteiger partial charge in [-0.05, 0) is 12.3 Å². The van der Waals surface area contributed by atoms with Gasteiger partial charge in [-0.3, -0.25) is 0 Å². The minimum Gasteiger partial charge on any atom is -0.303 e. The normalized spacial score (nSPS) is 11.2. The summed E-state index contributed by atoms with van der Waals surface area (Å²) >= 11 is 0. The molecule has 1 heteroatoms. The number of carbonyl (C=O) groups excluding carboxylic acids is 1. The van der Waals surface area contributed by atoms with Crippen LogP contribution in [0.5, 0.6) is 0 Å². The summed E-state index contributed by atoms with van der Waals surface area (Å²) in [5.41, 5.74) is 0. The fraction of sp³-hybridized carbons (Fsp3) is 0.950. The van der Waals surface area contributed by atoms with Crippen molar-refractivity contribution < 1.29 is 4.79 Å². The van der Waals surface area contributed by atoms with Gasteiger partial charge in [0.05, 0.1) is 0 Å². The summed E-state index contributed by atoms with van der Waals surface area (Å²) in [6.45, 7) is 4.65. The molecule has 0 aliphatic carbocycles. The van der Waals surface area contributed by atoms with E-state index in [-0.39, 0.29) is 0 Å². The Labute approximate surface area is 134 Å². The molecule has 1 nitrogen and oxygen atoms in total. The predicted octanol–water partition coefficient (Wildman–Crippen LogP) is 7.08. The molecule has 0 aliphatic rings. The zero-order valence-electron chi connectivity index (χ0n) is 14.9. The summed E-state index contributed by atoms with van der Waals surface area (Å²) in [4.78, 5) is 10.2. The highest BCUT2D eigenvalue weighted by Gasteiger charge is 1.96. The van der Waals surface area contributed by atoms with Gasteiger partial charge in [-0.15, -0.1) is 0 Å². The third kappa shape index (κ3) is 19.7. The molecule has 0 bridgehead atoms. The second-order valence-electron chi connectivity index (χ2n) is 7.09. The molecule has 0 saturated carbocycles. The van der Waals surface area contributed by atoms with Crippen molar-refractivity contribution in [1.29, 1.82) is 0 Å². The Hall–Kier alpha value is -0.330. The summed E-state index contributed by atoms with van der Waals surface area (Å²) in [5, 5.41) is 0. The smallest absolute Gasteiger partial charge is 0.119 e. The number of hydrogen-bond donors (Lipinski definition) is 0. The largest absolute Gasteiger partial charge is 0.303 e. The van der Waals surface area contributed by atoms with Crippen LogP contribution in [0.4, 0.5) is 0 Å². The van der Waals surface area contributed by atoms with Gasteiger partial charge in [0.1, 0.15) is 6.29 Å². The average molecular weight is 297 g/mol. The standard InChI is InChI=1S/C20H40O/c1-20(2)18-16-14-12-10-8-6-4-3-5-7-9-11-13-15-17-19-21/h19-20H,3-18H2,1-2H3. The van der Waals surface area contributed by atoms with Crippen molar-refractivity contribution in [2.24, 2.45) is 5.92 Å². The van der Waals surface area contributed by atoms with Crippen LogP contribution in [0.3, 0.4) is 0 Å². The predicted molar refractivity (Wildman–Crippen MR) is 94.8 cm³/mol. The van der Waals surface area contributed by atoms with E-state index in [0.717, 1.165) is 25.0 Å². The summed E-state index contributed by atoms with van der Waals surface area (Å²) in [5.74, 6) is 0.884. The van der Waals surface area contributed by atoms with Crippen LogP contribution in [0.2, 0.25) is 0 Å². The van der Waals surface area contributed by atoms with Gasteiger partial charge in [0.15, 0.2) is 0 Å². The van der Waals surface area contributed by atoms with Crippen LogP contribution < -0.4 is 0 Å². The van der Waals surface area contributed by atoms with Crippen LogP contribution in [0, 0.1) is 5.92 Å². The molecule has 0 atom stereocenters. The molecule has 21 heavy (non-hydrogen) atoms. The molecular weight excluding hydrogens is 256 g/mol. The second-order valence-corrected chi connectivity index (χ2v) is 7.09. The third-order valence-electron chi connectivity index (χ3n) is 4.35. The lowest BCUT2D eigenvalue weighted by Gasteiger charge is -2.04. The van der Waals surface area contributed by atoms with E-state index in [1.165, 1.54) is 89.9 Å². The fourth-order valence-corrected chi connectivity index (χ4v) is 2.90. The molecule has 0 aromatic carbocycles. The quantitative estimate of drug-likeness (QED) is 0.207. The zero-order chi connectivity index (χ0) is 15.6. The van der Waals surface area contributed by atoms with Gasteiger partial charge in [-0.25, -0.2) is 0 Å². The maximum Gasteiger partial charge on any atom is 0.119 e. The summed E-state index contributed by atoms with van der Waals surface area (Å²) in [7, 11) is 0. The highest BCUT2D eigenvalue weighted by Crippen LogP contribution is 2.14. The van der Waals surface area contributed by atoms with Crippen LogP contribution in [0.15, 0.2) is 0 Å². The van der Waals surface area contributed by atoms with Crippen molar-refractivity contribution in [3.8, 4) is 0 Å². The van der Waals surface area contributed by atoms with Crippen LogP contribution in [0.1, 0.15) is 117 Å². The molecule has 0 N–H and O–H groups in total. The van der Waals surface area contributed by atoms with Crippen LogP contribution in [0.25, 0.3) is 0 Å². The molecule has 0 fully saturated rings. The number of aldehydes is 1. The Balaban J connectivity index is 2.95. The van der Waals surface area contributed by atoms with Crippen molar-refractivity contribution >= 4 is 6.29 Å². The molecule has 0 amide bonds. The van der Waals surface area contributed by atoms with Crippen LogP contribution in [-0.2, 0) is 4.79 Å². The number of carbonyl (C=O) groups is 1. The Morgan fingerprint density at radius 1 is 0.571 bits per heavy atom. The zero-order valence-corrected chi connectivity index (χ0v) is 14.9. The third-order valence-corrected chi connectivity index (χ3v) is 4.35. The van der Waals surface area contributed by atoms with Crippen molar-refractivity contribution in [3.63, 3.8) is 0 Å². The monoisotopic (exact) mass is 296 g/mol. The molecular formula is C20H40O. The minimum absolute atomic E-state index is 0.761. The molecule has 0 aromatic rings. The van der Waals surface area contributed by atoms with E-state index < -0.39 is 0 Å². The highest BCUT2D eigenvalue weighted by molar-refractivity contribution is 5.48. The Morgan fingerprint density at radius 3 is 1.24 bits per heavy atom. The minimum atomic E-state index is 0.761.